The van der Waals surface area contributed by atoms with Crippen LogP contribution >= 0.6 is 15.9 Å². The van der Waals surface area contributed by atoms with E-state index in [0.717, 1.165) is 29.5 Å². The minimum atomic E-state index is -0.170. The molecule has 0 aromatic heterocycles. The number of hydrogen-bond acceptors (Lipinski definition) is 2. The van der Waals surface area contributed by atoms with Gasteiger partial charge in [-0.3, -0.25) is 0 Å². The van der Waals surface area contributed by atoms with E-state index in [4.69, 9.17) is 10.5 Å². The van der Waals surface area contributed by atoms with Gasteiger partial charge < -0.3 is 10.5 Å². The molecule has 0 unspecified atom stereocenters. The Morgan fingerprint density at radius 3 is 2.53 bits per heavy atom. The van der Waals surface area contributed by atoms with Crippen LogP contribution in [0.25, 0.3) is 0 Å². The number of ether oxygens (including phenoxy) is 1. The molecule has 0 heterocycles. The Labute approximate surface area is 123 Å². The minimum absolute atomic E-state index is 0.170. The second kappa shape index (κ2) is 5.10. The summed E-state index contributed by atoms with van der Waals surface area (Å²) in [6, 6.07) is 2.25. The fourth-order valence-electron chi connectivity index (χ4n) is 3.83. The molecule has 0 spiro atoms. The Bertz CT molecular complexity index is 492. The fraction of sp³-hybridized carbons (Fsp3) is 0.625. The van der Waals surface area contributed by atoms with Crippen molar-refractivity contribution in [3.63, 3.8) is 0 Å². The second-order valence-corrected chi connectivity index (χ2v) is 6.83. The summed E-state index contributed by atoms with van der Waals surface area (Å²) in [4.78, 5) is 0. The Hall–Kier alpha value is -0.540. The molecule has 2 nitrogen and oxygen atoms in total. The topological polar surface area (TPSA) is 35.2 Å². The maximum atomic E-state index is 6.75. The summed E-state index contributed by atoms with van der Waals surface area (Å²) in [5.41, 5.74) is 10.8. The standard InChI is InChI=1S/C16H22BrNO/c1-19-15-13(17)10-11-6-2-3-7-12(11)14(15)16(18)8-4-5-9-16/h10H,2-9,18H2,1H3. The van der Waals surface area contributed by atoms with Crippen LogP contribution < -0.4 is 10.5 Å². The smallest absolute Gasteiger partial charge is 0.138 e. The summed E-state index contributed by atoms with van der Waals surface area (Å²) in [7, 11) is 1.76. The van der Waals surface area contributed by atoms with E-state index in [2.05, 4.69) is 22.0 Å². The van der Waals surface area contributed by atoms with E-state index in [1.54, 1.807) is 7.11 Å². The van der Waals surface area contributed by atoms with Crippen LogP contribution in [0.3, 0.4) is 0 Å². The molecule has 1 saturated carbocycles. The van der Waals surface area contributed by atoms with E-state index in [1.807, 2.05) is 0 Å². The van der Waals surface area contributed by atoms with Crippen LogP contribution in [-0.4, -0.2) is 7.11 Å². The lowest BCUT2D eigenvalue weighted by Crippen LogP contribution is -2.35. The quantitative estimate of drug-likeness (QED) is 0.890. The molecule has 0 atom stereocenters. The molecule has 2 aliphatic carbocycles. The highest BCUT2D eigenvalue weighted by Gasteiger charge is 2.37. The number of aryl methyl sites for hydroxylation is 1. The monoisotopic (exact) mass is 323 g/mol. The molecule has 0 amide bonds. The zero-order chi connectivity index (χ0) is 13.5. The first-order chi connectivity index (χ1) is 9.15. The van der Waals surface area contributed by atoms with Crippen LogP contribution in [0.5, 0.6) is 5.75 Å². The number of halogens is 1. The van der Waals surface area contributed by atoms with E-state index in [0.29, 0.717) is 0 Å². The molecule has 1 aromatic rings. The molecule has 3 rings (SSSR count). The molecular weight excluding hydrogens is 302 g/mol. The number of nitrogens with two attached hydrogens (primary N) is 1. The maximum Gasteiger partial charge on any atom is 0.138 e. The number of benzene rings is 1. The lowest BCUT2D eigenvalue weighted by molar-refractivity contribution is 0.373. The van der Waals surface area contributed by atoms with Gasteiger partial charge in [0.15, 0.2) is 0 Å². The Kier molecular flexibility index (Phi) is 3.61. The lowest BCUT2D eigenvalue weighted by atomic mass is 9.79. The van der Waals surface area contributed by atoms with E-state index < -0.39 is 0 Å². The van der Waals surface area contributed by atoms with Crippen molar-refractivity contribution in [2.75, 3.05) is 7.11 Å². The third kappa shape index (κ3) is 2.21. The van der Waals surface area contributed by atoms with Crippen LogP contribution in [0.1, 0.15) is 55.2 Å². The Morgan fingerprint density at radius 2 is 1.84 bits per heavy atom. The predicted octanol–water partition coefficient (Wildman–Crippen LogP) is 4.06. The van der Waals surface area contributed by atoms with Crippen molar-refractivity contribution in [3.8, 4) is 5.75 Å². The summed E-state index contributed by atoms with van der Waals surface area (Å²) in [5, 5.41) is 0. The zero-order valence-electron chi connectivity index (χ0n) is 11.6. The summed E-state index contributed by atoms with van der Waals surface area (Å²) in [6.07, 6.45) is 9.57. The molecule has 19 heavy (non-hydrogen) atoms. The molecule has 1 fully saturated rings. The molecule has 0 saturated heterocycles. The van der Waals surface area contributed by atoms with Gasteiger partial charge in [0, 0.05) is 11.1 Å². The maximum absolute atomic E-state index is 6.75. The Morgan fingerprint density at radius 1 is 1.16 bits per heavy atom. The summed E-state index contributed by atoms with van der Waals surface area (Å²) >= 11 is 3.68. The number of rotatable bonds is 2. The second-order valence-electron chi connectivity index (χ2n) is 5.97. The summed E-state index contributed by atoms with van der Waals surface area (Å²) in [5.74, 6) is 0.977. The van der Waals surface area contributed by atoms with Crippen molar-refractivity contribution in [2.24, 2.45) is 5.73 Å². The van der Waals surface area contributed by atoms with E-state index >= 15 is 0 Å². The first-order valence-corrected chi connectivity index (χ1v) is 8.12. The largest absolute Gasteiger partial charge is 0.495 e. The molecule has 0 bridgehead atoms. The third-order valence-electron chi connectivity index (χ3n) is 4.76. The normalized spacial score (nSPS) is 21.2. The molecule has 0 radical (unpaired) electrons. The number of fused-ring (bicyclic) bond motifs is 1. The highest BCUT2D eigenvalue weighted by atomic mass is 79.9. The molecule has 2 aliphatic rings. The molecular formula is C16H22BrNO. The van der Waals surface area contributed by atoms with Crippen LogP contribution in [-0.2, 0) is 18.4 Å². The van der Waals surface area contributed by atoms with Crippen molar-refractivity contribution in [1.82, 2.24) is 0 Å². The first kappa shape index (κ1) is 13.4. The van der Waals surface area contributed by atoms with Crippen molar-refractivity contribution < 1.29 is 4.74 Å². The Balaban J connectivity index is 2.21. The van der Waals surface area contributed by atoms with Crippen LogP contribution in [0, 0.1) is 0 Å². The zero-order valence-corrected chi connectivity index (χ0v) is 13.2. The highest BCUT2D eigenvalue weighted by Crippen LogP contribution is 2.47. The van der Waals surface area contributed by atoms with Gasteiger partial charge in [0.2, 0.25) is 0 Å². The average Bonchev–Trinajstić information content (AvgIpc) is 2.85. The van der Waals surface area contributed by atoms with Gasteiger partial charge in [-0.1, -0.05) is 12.8 Å². The number of hydrogen-bond donors (Lipinski definition) is 1. The van der Waals surface area contributed by atoms with Gasteiger partial charge >= 0.3 is 0 Å². The molecule has 1 aromatic carbocycles. The van der Waals surface area contributed by atoms with Gasteiger partial charge in [0.25, 0.3) is 0 Å². The van der Waals surface area contributed by atoms with Gasteiger partial charge in [0.1, 0.15) is 5.75 Å². The predicted molar refractivity (Wildman–Crippen MR) is 81.7 cm³/mol. The molecule has 2 N–H and O–H groups in total. The fourth-order valence-corrected chi connectivity index (χ4v) is 4.47. The van der Waals surface area contributed by atoms with Crippen molar-refractivity contribution >= 4 is 15.9 Å². The first-order valence-electron chi connectivity index (χ1n) is 7.33. The third-order valence-corrected chi connectivity index (χ3v) is 5.34. The van der Waals surface area contributed by atoms with Crippen LogP contribution in [0.4, 0.5) is 0 Å². The summed E-state index contributed by atoms with van der Waals surface area (Å²) in [6.45, 7) is 0. The van der Waals surface area contributed by atoms with Gasteiger partial charge in [-0.15, -0.1) is 0 Å². The van der Waals surface area contributed by atoms with Crippen molar-refractivity contribution in [2.45, 2.75) is 56.9 Å². The van der Waals surface area contributed by atoms with Crippen LogP contribution in [0.15, 0.2) is 10.5 Å². The van der Waals surface area contributed by atoms with Crippen LogP contribution in [0.2, 0.25) is 0 Å². The lowest BCUT2D eigenvalue weighted by Gasteiger charge is -2.32. The van der Waals surface area contributed by atoms with E-state index in [9.17, 15) is 0 Å². The van der Waals surface area contributed by atoms with E-state index in [-0.39, 0.29) is 5.54 Å². The number of methoxy groups -OCH3 is 1. The average molecular weight is 324 g/mol. The summed E-state index contributed by atoms with van der Waals surface area (Å²) < 4.78 is 6.76. The van der Waals surface area contributed by atoms with E-state index in [1.165, 1.54) is 48.8 Å². The SMILES string of the molecule is COc1c(Br)cc2c(c1C1(N)CCCC1)CCCC2. The molecule has 0 aliphatic heterocycles. The minimum Gasteiger partial charge on any atom is -0.495 e. The van der Waals surface area contributed by atoms with Crippen molar-refractivity contribution in [3.05, 3.63) is 27.2 Å². The van der Waals surface area contributed by atoms with Gasteiger partial charge in [0.05, 0.1) is 11.6 Å². The molecule has 3 heteroatoms. The highest BCUT2D eigenvalue weighted by molar-refractivity contribution is 9.10. The van der Waals surface area contributed by atoms with Gasteiger partial charge in [-0.05, 0) is 71.6 Å². The van der Waals surface area contributed by atoms with Gasteiger partial charge in [-0.2, -0.15) is 0 Å². The van der Waals surface area contributed by atoms with Crippen molar-refractivity contribution in [1.29, 1.82) is 0 Å². The molecule has 104 valence electrons. The van der Waals surface area contributed by atoms with Gasteiger partial charge in [-0.25, -0.2) is 0 Å².